The molecule has 1 heterocycles. The van der Waals surface area contributed by atoms with Gasteiger partial charge in [0.15, 0.2) is 0 Å². The molecule has 0 saturated carbocycles. The fraction of sp³-hybridized carbons (Fsp3) is 0.583. The molecular weight excluding hydrogens is 302 g/mol. The molecule has 0 aromatic carbocycles. The van der Waals surface area contributed by atoms with Gasteiger partial charge in [-0.15, -0.1) is 0 Å². The Bertz CT molecular complexity index is 549. The number of rotatable bonds is 7. The van der Waals surface area contributed by atoms with Crippen LogP contribution < -0.4 is 5.32 Å². The summed E-state index contributed by atoms with van der Waals surface area (Å²) >= 11 is 5.99. The maximum absolute atomic E-state index is 12.6. The monoisotopic (exact) mass is 321 g/mol. The highest BCUT2D eigenvalue weighted by atomic mass is 35.5. The second kappa shape index (κ2) is 7.21. The van der Waals surface area contributed by atoms with Crippen LogP contribution in [0.25, 0.3) is 0 Å². The molecule has 1 aromatic rings. The predicted molar refractivity (Wildman–Crippen MR) is 79.7 cm³/mol. The van der Waals surface area contributed by atoms with Crippen LogP contribution in [0.5, 0.6) is 0 Å². The van der Waals surface area contributed by atoms with E-state index in [2.05, 4.69) is 10.3 Å². The van der Waals surface area contributed by atoms with Crippen LogP contribution in [0.2, 0.25) is 5.02 Å². The van der Waals surface area contributed by atoms with Crippen molar-refractivity contribution in [1.29, 1.82) is 0 Å². The topological polar surface area (TPSA) is 71.5 Å². The third kappa shape index (κ3) is 3.82. The second-order valence-corrected chi connectivity index (χ2v) is 6.75. The second-order valence-electron chi connectivity index (χ2n) is 4.45. The van der Waals surface area contributed by atoms with Gasteiger partial charge >= 0.3 is 0 Å². The highest BCUT2D eigenvalue weighted by Gasteiger charge is 2.27. The lowest BCUT2D eigenvalue weighted by molar-refractivity contribution is 0.171. The van der Waals surface area contributed by atoms with E-state index >= 15 is 0 Å². The molecule has 20 heavy (non-hydrogen) atoms. The van der Waals surface area contributed by atoms with Gasteiger partial charge < -0.3 is 10.1 Å². The van der Waals surface area contributed by atoms with E-state index in [-0.39, 0.29) is 22.5 Å². The van der Waals surface area contributed by atoms with E-state index in [0.29, 0.717) is 12.4 Å². The number of nitrogens with zero attached hydrogens (tertiary/aromatic N) is 2. The van der Waals surface area contributed by atoms with Crippen LogP contribution in [-0.2, 0) is 14.8 Å². The minimum atomic E-state index is -3.64. The van der Waals surface area contributed by atoms with E-state index in [1.807, 2.05) is 13.8 Å². The van der Waals surface area contributed by atoms with Crippen molar-refractivity contribution in [2.24, 2.45) is 0 Å². The molecule has 1 aromatic heterocycles. The SMILES string of the molecule is CNc1ncc(S(=O)(=O)N(CCOC)C(C)C)cc1Cl. The smallest absolute Gasteiger partial charge is 0.244 e. The summed E-state index contributed by atoms with van der Waals surface area (Å²) in [7, 11) is -0.440. The van der Waals surface area contributed by atoms with Crippen LogP contribution >= 0.6 is 11.6 Å². The maximum Gasteiger partial charge on any atom is 0.244 e. The van der Waals surface area contributed by atoms with Crippen molar-refractivity contribution in [2.45, 2.75) is 24.8 Å². The van der Waals surface area contributed by atoms with Crippen LogP contribution in [-0.4, -0.2) is 51.1 Å². The molecule has 0 atom stereocenters. The van der Waals surface area contributed by atoms with Crippen LogP contribution in [0.1, 0.15) is 13.8 Å². The average Bonchev–Trinajstić information content (AvgIpc) is 2.38. The Balaban J connectivity index is 3.16. The van der Waals surface area contributed by atoms with Crippen molar-refractivity contribution in [2.75, 3.05) is 32.6 Å². The number of halogens is 1. The van der Waals surface area contributed by atoms with Crippen molar-refractivity contribution in [3.8, 4) is 0 Å². The van der Waals surface area contributed by atoms with Gasteiger partial charge in [0.25, 0.3) is 0 Å². The molecule has 0 aliphatic rings. The molecule has 0 radical (unpaired) electrons. The van der Waals surface area contributed by atoms with E-state index in [1.54, 1.807) is 7.05 Å². The molecule has 0 aliphatic carbocycles. The van der Waals surface area contributed by atoms with Crippen molar-refractivity contribution in [3.63, 3.8) is 0 Å². The van der Waals surface area contributed by atoms with Gasteiger partial charge in [0, 0.05) is 32.9 Å². The molecule has 6 nitrogen and oxygen atoms in total. The molecule has 0 amide bonds. The van der Waals surface area contributed by atoms with E-state index in [4.69, 9.17) is 16.3 Å². The Morgan fingerprint density at radius 2 is 2.15 bits per heavy atom. The third-order valence-electron chi connectivity index (χ3n) is 2.75. The first kappa shape index (κ1) is 17.2. The van der Waals surface area contributed by atoms with Gasteiger partial charge in [-0.1, -0.05) is 11.6 Å². The Labute approximate surface area is 125 Å². The number of ether oxygens (including phenoxy) is 1. The first-order valence-corrected chi connectivity index (χ1v) is 8.00. The third-order valence-corrected chi connectivity index (χ3v) is 5.08. The van der Waals surface area contributed by atoms with Gasteiger partial charge in [0.1, 0.15) is 10.7 Å². The molecule has 114 valence electrons. The molecule has 0 spiro atoms. The zero-order chi connectivity index (χ0) is 15.3. The Hall–Kier alpha value is -0.890. The van der Waals surface area contributed by atoms with Gasteiger partial charge in [-0.2, -0.15) is 4.31 Å². The zero-order valence-electron chi connectivity index (χ0n) is 12.1. The van der Waals surface area contributed by atoms with Gasteiger partial charge in [-0.3, -0.25) is 0 Å². The van der Waals surface area contributed by atoms with Crippen molar-refractivity contribution >= 4 is 27.4 Å². The highest BCUT2D eigenvalue weighted by molar-refractivity contribution is 7.89. The van der Waals surface area contributed by atoms with Gasteiger partial charge in [-0.25, -0.2) is 13.4 Å². The first-order chi connectivity index (χ1) is 9.34. The number of sulfonamides is 1. The summed E-state index contributed by atoms with van der Waals surface area (Å²) in [5, 5.41) is 3.06. The number of hydrogen-bond donors (Lipinski definition) is 1. The average molecular weight is 322 g/mol. The fourth-order valence-corrected chi connectivity index (χ4v) is 3.64. The van der Waals surface area contributed by atoms with Gasteiger partial charge in [0.05, 0.1) is 11.6 Å². The standard InChI is InChI=1S/C12H20ClN3O3S/c1-9(2)16(5-6-19-4)20(17,18)10-7-11(13)12(14-3)15-8-10/h7-9H,5-6H2,1-4H3,(H,14,15). The van der Waals surface area contributed by atoms with Gasteiger partial charge in [0.2, 0.25) is 10.0 Å². The number of pyridine rings is 1. The van der Waals surface area contributed by atoms with Crippen LogP contribution in [0.15, 0.2) is 17.2 Å². The van der Waals surface area contributed by atoms with E-state index in [9.17, 15) is 8.42 Å². The summed E-state index contributed by atoms with van der Waals surface area (Å²) in [5.41, 5.74) is 0. The van der Waals surface area contributed by atoms with Gasteiger partial charge in [-0.05, 0) is 19.9 Å². The molecule has 0 saturated heterocycles. The Morgan fingerprint density at radius 3 is 2.60 bits per heavy atom. The molecule has 1 rings (SSSR count). The Kier molecular flexibility index (Phi) is 6.19. The lowest BCUT2D eigenvalue weighted by Crippen LogP contribution is -2.39. The van der Waals surface area contributed by atoms with Crippen LogP contribution in [0, 0.1) is 0 Å². The molecular formula is C12H20ClN3O3S. The van der Waals surface area contributed by atoms with Crippen molar-refractivity contribution in [1.82, 2.24) is 9.29 Å². The molecule has 8 heteroatoms. The quantitative estimate of drug-likeness (QED) is 0.829. The van der Waals surface area contributed by atoms with Crippen LogP contribution in [0.4, 0.5) is 5.82 Å². The van der Waals surface area contributed by atoms with Crippen molar-refractivity contribution < 1.29 is 13.2 Å². The highest BCUT2D eigenvalue weighted by Crippen LogP contribution is 2.25. The fourth-order valence-electron chi connectivity index (χ4n) is 1.72. The largest absolute Gasteiger partial charge is 0.383 e. The summed E-state index contributed by atoms with van der Waals surface area (Å²) in [5.74, 6) is 0.443. The summed E-state index contributed by atoms with van der Waals surface area (Å²) in [6, 6.07) is 1.22. The first-order valence-electron chi connectivity index (χ1n) is 6.18. The number of anilines is 1. The minimum Gasteiger partial charge on any atom is -0.383 e. The maximum atomic E-state index is 12.6. The number of methoxy groups -OCH3 is 1. The normalized spacial score (nSPS) is 12.2. The predicted octanol–water partition coefficient (Wildman–Crippen LogP) is 1.82. The van der Waals surface area contributed by atoms with E-state index < -0.39 is 10.0 Å². The summed E-state index contributed by atoms with van der Waals surface area (Å²) in [6.45, 7) is 4.23. The zero-order valence-corrected chi connectivity index (χ0v) is 13.6. The number of nitrogens with one attached hydrogen (secondary N) is 1. The lowest BCUT2D eigenvalue weighted by Gasteiger charge is -2.25. The molecule has 1 N–H and O–H groups in total. The molecule has 0 fully saturated rings. The van der Waals surface area contributed by atoms with E-state index in [0.717, 1.165) is 0 Å². The van der Waals surface area contributed by atoms with Crippen LogP contribution in [0.3, 0.4) is 0 Å². The molecule has 0 aliphatic heterocycles. The lowest BCUT2D eigenvalue weighted by atomic mass is 10.4. The summed E-state index contributed by atoms with van der Waals surface area (Å²) < 4.78 is 31.5. The Morgan fingerprint density at radius 1 is 1.50 bits per heavy atom. The number of aromatic nitrogens is 1. The number of hydrogen-bond acceptors (Lipinski definition) is 5. The minimum absolute atomic E-state index is 0.0753. The van der Waals surface area contributed by atoms with Crippen molar-refractivity contribution in [3.05, 3.63) is 17.3 Å². The molecule has 0 unspecified atom stereocenters. The summed E-state index contributed by atoms with van der Waals surface area (Å²) in [6.07, 6.45) is 1.30. The molecule has 0 bridgehead atoms. The van der Waals surface area contributed by atoms with E-state index in [1.165, 1.54) is 23.7 Å². The summed E-state index contributed by atoms with van der Waals surface area (Å²) in [4.78, 5) is 4.08.